The van der Waals surface area contributed by atoms with Gasteiger partial charge in [-0.05, 0) is 62.2 Å². The van der Waals surface area contributed by atoms with E-state index in [2.05, 4.69) is 54.6 Å². The number of hydrogen-bond donors (Lipinski definition) is 0. The Morgan fingerprint density at radius 2 is 1.31 bits per heavy atom. The summed E-state index contributed by atoms with van der Waals surface area (Å²) in [5, 5.41) is 8.32. The van der Waals surface area contributed by atoms with E-state index < -0.39 is 0 Å². The molecule has 1 nitrogen and oxygen atoms in total. The first-order valence-corrected chi connectivity index (χ1v) is 9.11. The Morgan fingerprint density at radius 1 is 0.654 bits per heavy atom. The van der Waals surface area contributed by atoms with Gasteiger partial charge in [0.15, 0.2) is 5.05 Å². The lowest BCUT2D eigenvalue weighted by Gasteiger charge is -2.14. The molecule has 0 aliphatic rings. The maximum absolute atomic E-state index is 5.84. The van der Waals surface area contributed by atoms with Crippen molar-refractivity contribution < 1.29 is 4.74 Å². The van der Waals surface area contributed by atoms with Crippen LogP contribution < -0.4 is 4.74 Å². The van der Waals surface area contributed by atoms with Gasteiger partial charge < -0.3 is 4.74 Å². The van der Waals surface area contributed by atoms with Crippen molar-refractivity contribution in [1.29, 1.82) is 0 Å². The molecule has 0 spiro atoms. The smallest absolute Gasteiger partial charge is 0.171 e. The molecule has 0 aliphatic carbocycles. The first kappa shape index (κ1) is 15.3. The zero-order valence-corrected chi connectivity index (χ0v) is 14.9. The van der Waals surface area contributed by atoms with Crippen LogP contribution in [0.15, 0.2) is 84.9 Å². The topological polar surface area (TPSA) is 9.23 Å². The van der Waals surface area contributed by atoms with Crippen LogP contribution in [0.3, 0.4) is 0 Å². The third kappa shape index (κ3) is 2.51. The second-order valence-electron chi connectivity index (χ2n) is 6.54. The molecule has 0 bridgehead atoms. The Kier molecular flexibility index (Phi) is 3.58. The molecule has 2 heteroatoms. The van der Waals surface area contributed by atoms with Crippen LogP contribution in [-0.2, 0) is 6.42 Å². The van der Waals surface area contributed by atoms with Gasteiger partial charge in [-0.25, -0.2) is 0 Å². The highest BCUT2D eigenvalue weighted by molar-refractivity contribution is 7.80. The molecular weight excluding hydrogens is 336 g/mol. The Hall–Kier alpha value is -2.97. The quantitative estimate of drug-likeness (QED) is 0.269. The maximum Gasteiger partial charge on any atom is 0.171 e. The summed E-state index contributed by atoms with van der Waals surface area (Å²) in [4.78, 5) is 0. The van der Waals surface area contributed by atoms with Crippen LogP contribution in [0.4, 0.5) is 0 Å². The number of ether oxygens (including phenoxy) is 1. The van der Waals surface area contributed by atoms with E-state index in [-0.39, 0.29) is 0 Å². The molecule has 0 unspecified atom stereocenters. The van der Waals surface area contributed by atoms with Crippen molar-refractivity contribution in [2.45, 2.75) is 6.42 Å². The van der Waals surface area contributed by atoms with Crippen molar-refractivity contribution in [3.05, 3.63) is 90.5 Å². The lowest BCUT2D eigenvalue weighted by molar-refractivity contribution is 0.553. The van der Waals surface area contributed by atoms with Crippen LogP contribution in [0.25, 0.3) is 32.3 Å². The molecule has 0 atom stereocenters. The lowest BCUT2D eigenvalue weighted by Crippen LogP contribution is -2.09. The maximum atomic E-state index is 5.84. The molecule has 0 heterocycles. The van der Waals surface area contributed by atoms with Crippen molar-refractivity contribution in [2.75, 3.05) is 0 Å². The Balaban J connectivity index is 1.61. The zero-order chi connectivity index (χ0) is 17.5. The Morgan fingerprint density at radius 3 is 2.08 bits per heavy atom. The molecule has 26 heavy (non-hydrogen) atoms. The fraction of sp³-hybridized carbons (Fsp3) is 0.0417. The first-order valence-electron chi connectivity index (χ1n) is 8.71. The summed E-state index contributed by atoms with van der Waals surface area (Å²) in [6.45, 7) is 0. The number of rotatable bonds is 3. The van der Waals surface area contributed by atoms with Gasteiger partial charge in [0.1, 0.15) is 5.75 Å². The summed E-state index contributed by atoms with van der Waals surface area (Å²) in [6, 6.07) is 29.4. The molecule has 124 valence electrons. The van der Waals surface area contributed by atoms with E-state index >= 15 is 0 Å². The first-order chi connectivity index (χ1) is 12.8. The molecule has 0 radical (unpaired) electrons. The highest BCUT2D eigenvalue weighted by Crippen LogP contribution is 2.36. The van der Waals surface area contributed by atoms with E-state index in [9.17, 15) is 0 Å². The molecule has 5 rings (SSSR count). The lowest BCUT2D eigenvalue weighted by atomic mass is 9.91. The number of para-hydroxylation sites is 1. The molecule has 0 amide bonds. The van der Waals surface area contributed by atoms with Crippen LogP contribution in [0.2, 0.25) is 0 Å². The third-order valence-corrected chi connectivity index (χ3v) is 5.16. The monoisotopic (exact) mass is 352 g/mol. The summed E-state index contributed by atoms with van der Waals surface area (Å²) in [5.41, 5.74) is 1.21. The van der Waals surface area contributed by atoms with E-state index in [0.29, 0.717) is 11.5 Å². The van der Waals surface area contributed by atoms with Crippen molar-refractivity contribution in [2.24, 2.45) is 0 Å². The number of hydrogen-bond acceptors (Lipinski definition) is 2. The van der Waals surface area contributed by atoms with Crippen molar-refractivity contribution in [3.63, 3.8) is 0 Å². The van der Waals surface area contributed by atoms with Crippen molar-refractivity contribution in [3.8, 4) is 5.75 Å². The van der Waals surface area contributed by atoms with E-state index in [0.717, 1.165) is 5.75 Å². The van der Waals surface area contributed by atoms with Gasteiger partial charge in [0, 0.05) is 6.42 Å². The molecule has 5 aromatic rings. The fourth-order valence-corrected chi connectivity index (χ4v) is 4.01. The molecule has 0 N–H and O–H groups in total. The second-order valence-corrected chi connectivity index (χ2v) is 7.00. The van der Waals surface area contributed by atoms with Crippen LogP contribution in [0, 0.1) is 0 Å². The van der Waals surface area contributed by atoms with E-state index in [4.69, 9.17) is 17.0 Å². The molecule has 0 aliphatic heterocycles. The van der Waals surface area contributed by atoms with Crippen LogP contribution >= 0.6 is 12.2 Å². The summed E-state index contributed by atoms with van der Waals surface area (Å²) in [6.07, 6.45) is 0.623. The van der Waals surface area contributed by atoms with Gasteiger partial charge in [-0.15, -0.1) is 0 Å². The predicted octanol–water partition coefficient (Wildman–Crippen LogP) is 6.53. The average molecular weight is 352 g/mol. The van der Waals surface area contributed by atoms with Crippen LogP contribution in [0.5, 0.6) is 5.75 Å². The summed E-state index contributed by atoms with van der Waals surface area (Å²) < 4.78 is 5.84. The highest BCUT2D eigenvalue weighted by atomic mass is 32.1. The molecule has 0 saturated carbocycles. The molecular formula is C24H16OS. The SMILES string of the molecule is S=C(Cc1ccc2ccc3cccc4ccc1c2c34)Oc1ccccc1. The van der Waals surface area contributed by atoms with E-state index in [1.54, 1.807) is 0 Å². The highest BCUT2D eigenvalue weighted by Gasteiger charge is 2.12. The van der Waals surface area contributed by atoms with Gasteiger partial charge in [0.05, 0.1) is 0 Å². The van der Waals surface area contributed by atoms with Crippen molar-refractivity contribution >= 4 is 49.6 Å². The van der Waals surface area contributed by atoms with Crippen LogP contribution in [0.1, 0.15) is 5.56 Å². The van der Waals surface area contributed by atoms with Gasteiger partial charge >= 0.3 is 0 Å². The Bertz CT molecular complexity index is 1230. The fourth-order valence-electron chi connectivity index (χ4n) is 3.76. The van der Waals surface area contributed by atoms with E-state index in [1.807, 2.05) is 30.3 Å². The van der Waals surface area contributed by atoms with Gasteiger partial charge in [-0.1, -0.05) is 72.8 Å². The largest absolute Gasteiger partial charge is 0.450 e. The zero-order valence-electron chi connectivity index (χ0n) is 14.1. The summed E-state index contributed by atoms with van der Waals surface area (Å²) in [7, 11) is 0. The van der Waals surface area contributed by atoms with Gasteiger partial charge in [0.25, 0.3) is 0 Å². The second kappa shape index (κ2) is 6.08. The Labute approximate surface area is 157 Å². The van der Waals surface area contributed by atoms with Gasteiger partial charge in [-0.2, -0.15) is 0 Å². The summed E-state index contributed by atoms with van der Waals surface area (Å²) >= 11 is 5.51. The minimum atomic E-state index is 0.589. The summed E-state index contributed by atoms with van der Waals surface area (Å²) in [5.74, 6) is 0.787. The number of benzene rings is 5. The normalized spacial score (nSPS) is 11.4. The molecule has 5 aromatic carbocycles. The average Bonchev–Trinajstić information content (AvgIpc) is 2.68. The standard InChI is InChI=1S/C24H16OS/c26-22(25-20-7-2-1-3-8-20)15-19-12-11-18-10-9-16-5-4-6-17-13-14-21(19)24(18)23(16)17/h1-14H,15H2. The predicted molar refractivity (Wildman–Crippen MR) is 114 cm³/mol. The van der Waals surface area contributed by atoms with Gasteiger partial charge in [-0.3, -0.25) is 0 Å². The van der Waals surface area contributed by atoms with Gasteiger partial charge in [0.2, 0.25) is 0 Å². The third-order valence-electron chi connectivity index (χ3n) is 4.93. The minimum absolute atomic E-state index is 0.589. The van der Waals surface area contributed by atoms with E-state index in [1.165, 1.54) is 37.9 Å². The minimum Gasteiger partial charge on any atom is -0.450 e. The molecule has 0 aromatic heterocycles. The van der Waals surface area contributed by atoms with Crippen LogP contribution in [-0.4, -0.2) is 5.05 Å². The molecule has 0 saturated heterocycles. The van der Waals surface area contributed by atoms with Crippen molar-refractivity contribution in [1.82, 2.24) is 0 Å². The molecule has 0 fully saturated rings. The number of thiocarbonyl (C=S) groups is 1.